The second kappa shape index (κ2) is 6.82. The first kappa shape index (κ1) is 16.2. The zero-order chi connectivity index (χ0) is 16.4. The lowest BCUT2D eigenvalue weighted by molar-refractivity contribution is 0.0225. The van der Waals surface area contributed by atoms with Gasteiger partial charge < -0.3 is 15.2 Å². The SMILES string of the molecule is NC1CCOCC1COc1cc(F)c(-n2cc(Cl)cn2)c(F)c1. The maximum atomic E-state index is 14.2. The number of benzene rings is 1. The molecule has 2 aromatic rings. The summed E-state index contributed by atoms with van der Waals surface area (Å²) in [6.45, 7) is 1.35. The molecule has 0 amide bonds. The van der Waals surface area contributed by atoms with Crippen molar-refractivity contribution >= 4 is 11.6 Å². The molecule has 0 spiro atoms. The molecular formula is C15H16ClF2N3O2. The van der Waals surface area contributed by atoms with Crippen molar-refractivity contribution in [3.63, 3.8) is 0 Å². The lowest BCUT2D eigenvalue weighted by Crippen LogP contribution is -2.41. The van der Waals surface area contributed by atoms with Crippen molar-refractivity contribution in [3.8, 4) is 11.4 Å². The van der Waals surface area contributed by atoms with Gasteiger partial charge in [-0.25, -0.2) is 13.5 Å². The summed E-state index contributed by atoms with van der Waals surface area (Å²) in [5, 5.41) is 4.08. The van der Waals surface area contributed by atoms with Gasteiger partial charge in [0.15, 0.2) is 11.6 Å². The van der Waals surface area contributed by atoms with Crippen molar-refractivity contribution in [2.24, 2.45) is 11.7 Å². The zero-order valence-electron chi connectivity index (χ0n) is 12.2. The predicted octanol–water partition coefficient (Wildman–Crippen LogP) is 2.55. The molecular weight excluding hydrogens is 328 g/mol. The van der Waals surface area contributed by atoms with Crippen LogP contribution in [0.1, 0.15) is 6.42 Å². The highest BCUT2D eigenvalue weighted by atomic mass is 35.5. The van der Waals surface area contributed by atoms with Crippen LogP contribution in [0.25, 0.3) is 5.69 Å². The van der Waals surface area contributed by atoms with Crippen LogP contribution >= 0.6 is 11.6 Å². The fourth-order valence-corrected chi connectivity index (χ4v) is 2.59. The Morgan fingerprint density at radius 1 is 1.39 bits per heavy atom. The van der Waals surface area contributed by atoms with E-state index >= 15 is 0 Å². The maximum absolute atomic E-state index is 14.2. The third-order valence-corrected chi connectivity index (χ3v) is 3.96. The lowest BCUT2D eigenvalue weighted by Gasteiger charge is -2.28. The van der Waals surface area contributed by atoms with Crippen LogP contribution in [0.5, 0.6) is 5.75 Å². The van der Waals surface area contributed by atoms with Crippen LogP contribution in [0.4, 0.5) is 8.78 Å². The van der Waals surface area contributed by atoms with E-state index in [0.29, 0.717) is 13.2 Å². The van der Waals surface area contributed by atoms with Crippen molar-refractivity contribution in [1.29, 1.82) is 0 Å². The van der Waals surface area contributed by atoms with Crippen molar-refractivity contribution in [1.82, 2.24) is 9.78 Å². The molecule has 23 heavy (non-hydrogen) atoms. The minimum absolute atomic E-state index is 0.000490. The molecule has 1 saturated heterocycles. The van der Waals surface area contributed by atoms with Crippen LogP contribution in [0.2, 0.25) is 5.02 Å². The Balaban J connectivity index is 1.74. The molecule has 1 aliphatic rings. The molecule has 1 aromatic carbocycles. The standard InChI is InChI=1S/C15H16ClF2N3O2/c16-10-5-20-21(6-10)15-12(17)3-11(4-13(15)18)23-8-9-7-22-2-1-14(9)19/h3-6,9,14H,1-2,7-8,19H2. The number of hydrogen-bond donors (Lipinski definition) is 1. The molecule has 1 aliphatic heterocycles. The van der Waals surface area contributed by atoms with Crippen molar-refractivity contribution in [2.75, 3.05) is 19.8 Å². The number of halogens is 3. The number of nitrogens with zero attached hydrogens (tertiary/aromatic N) is 2. The average Bonchev–Trinajstić information content (AvgIpc) is 2.92. The van der Waals surface area contributed by atoms with E-state index in [1.807, 2.05) is 0 Å². The van der Waals surface area contributed by atoms with Gasteiger partial charge in [0.1, 0.15) is 11.4 Å². The number of aromatic nitrogens is 2. The first-order chi connectivity index (χ1) is 11.0. The Bertz CT molecular complexity index is 672. The Morgan fingerprint density at radius 3 is 2.74 bits per heavy atom. The quantitative estimate of drug-likeness (QED) is 0.926. The second-order valence-corrected chi connectivity index (χ2v) is 5.87. The van der Waals surface area contributed by atoms with E-state index in [-0.39, 0.29) is 35.0 Å². The smallest absolute Gasteiger partial charge is 0.155 e. The molecule has 0 saturated carbocycles. The number of ether oxygens (including phenoxy) is 2. The Kier molecular flexibility index (Phi) is 4.79. The third-order valence-electron chi connectivity index (χ3n) is 3.77. The topological polar surface area (TPSA) is 62.3 Å². The van der Waals surface area contributed by atoms with Gasteiger partial charge >= 0.3 is 0 Å². The molecule has 0 bridgehead atoms. The molecule has 2 unspecified atom stereocenters. The van der Waals surface area contributed by atoms with E-state index in [1.165, 1.54) is 12.4 Å². The van der Waals surface area contributed by atoms with E-state index in [0.717, 1.165) is 23.2 Å². The largest absolute Gasteiger partial charge is 0.493 e. The van der Waals surface area contributed by atoms with Crippen LogP contribution in [0.3, 0.4) is 0 Å². The van der Waals surface area contributed by atoms with Gasteiger partial charge in [0.2, 0.25) is 0 Å². The van der Waals surface area contributed by atoms with Crippen LogP contribution in [0.15, 0.2) is 24.5 Å². The molecule has 5 nitrogen and oxygen atoms in total. The molecule has 0 radical (unpaired) electrons. The van der Waals surface area contributed by atoms with E-state index in [4.69, 9.17) is 26.8 Å². The Labute approximate surface area is 136 Å². The van der Waals surface area contributed by atoms with Crippen LogP contribution in [0, 0.1) is 17.6 Å². The summed E-state index contributed by atoms with van der Waals surface area (Å²) in [5.74, 6) is -1.48. The Morgan fingerprint density at radius 2 is 2.13 bits per heavy atom. The van der Waals surface area contributed by atoms with Gasteiger partial charge in [0, 0.05) is 36.9 Å². The second-order valence-electron chi connectivity index (χ2n) is 5.44. The first-order valence-electron chi connectivity index (χ1n) is 7.20. The van der Waals surface area contributed by atoms with Gasteiger partial charge in [-0.2, -0.15) is 5.10 Å². The highest BCUT2D eigenvalue weighted by Gasteiger charge is 2.23. The predicted molar refractivity (Wildman–Crippen MR) is 80.9 cm³/mol. The Hall–Kier alpha value is -1.70. The molecule has 1 aromatic heterocycles. The molecule has 0 aliphatic carbocycles. The first-order valence-corrected chi connectivity index (χ1v) is 7.58. The van der Waals surface area contributed by atoms with E-state index in [1.54, 1.807) is 0 Å². The summed E-state index contributed by atoms with van der Waals surface area (Å²) >= 11 is 5.72. The normalized spacial score (nSPS) is 21.4. The van der Waals surface area contributed by atoms with E-state index < -0.39 is 11.6 Å². The number of rotatable bonds is 4. The highest BCUT2D eigenvalue weighted by molar-refractivity contribution is 6.30. The molecule has 124 valence electrons. The lowest BCUT2D eigenvalue weighted by atomic mass is 9.98. The molecule has 2 atom stereocenters. The van der Waals surface area contributed by atoms with Crippen molar-refractivity contribution in [3.05, 3.63) is 41.2 Å². The van der Waals surface area contributed by atoms with Crippen LogP contribution in [-0.2, 0) is 4.74 Å². The van der Waals surface area contributed by atoms with Gasteiger partial charge in [-0.1, -0.05) is 11.6 Å². The highest BCUT2D eigenvalue weighted by Crippen LogP contribution is 2.25. The van der Waals surface area contributed by atoms with Gasteiger partial charge in [0.05, 0.1) is 24.4 Å². The van der Waals surface area contributed by atoms with E-state index in [2.05, 4.69) is 5.10 Å². The van der Waals surface area contributed by atoms with Crippen LogP contribution < -0.4 is 10.5 Å². The third kappa shape index (κ3) is 3.63. The summed E-state index contributed by atoms with van der Waals surface area (Å²) in [6.07, 6.45) is 3.37. The van der Waals surface area contributed by atoms with Crippen molar-refractivity contribution in [2.45, 2.75) is 12.5 Å². The minimum Gasteiger partial charge on any atom is -0.493 e. The molecule has 3 rings (SSSR count). The maximum Gasteiger partial charge on any atom is 0.155 e. The van der Waals surface area contributed by atoms with Crippen LogP contribution in [-0.4, -0.2) is 35.6 Å². The summed E-state index contributed by atoms with van der Waals surface area (Å²) in [7, 11) is 0. The van der Waals surface area contributed by atoms with Gasteiger partial charge in [-0.3, -0.25) is 0 Å². The van der Waals surface area contributed by atoms with E-state index in [9.17, 15) is 8.78 Å². The summed E-state index contributed by atoms with van der Waals surface area (Å²) in [5.41, 5.74) is 5.67. The van der Waals surface area contributed by atoms with Gasteiger partial charge in [-0.05, 0) is 6.42 Å². The summed E-state index contributed by atoms with van der Waals surface area (Å²) in [6, 6.07) is 2.19. The summed E-state index contributed by atoms with van der Waals surface area (Å²) < 4.78 is 40.2. The zero-order valence-corrected chi connectivity index (χ0v) is 13.0. The fraction of sp³-hybridized carbons (Fsp3) is 0.400. The average molecular weight is 344 g/mol. The summed E-state index contributed by atoms with van der Waals surface area (Å²) in [4.78, 5) is 0. The molecule has 8 heteroatoms. The van der Waals surface area contributed by atoms with Gasteiger partial charge in [-0.15, -0.1) is 0 Å². The molecule has 2 heterocycles. The van der Waals surface area contributed by atoms with Gasteiger partial charge in [0.25, 0.3) is 0 Å². The number of nitrogens with two attached hydrogens (primary N) is 1. The molecule has 1 fully saturated rings. The fourth-order valence-electron chi connectivity index (χ4n) is 2.46. The number of hydrogen-bond acceptors (Lipinski definition) is 4. The minimum atomic E-state index is -0.788. The monoisotopic (exact) mass is 343 g/mol. The van der Waals surface area contributed by atoms with Crippen molar-refractivity contribution < 1.29 is 18.3 Å². The molecule has 2 N–H and O–H groups in total.